The second-order valence-corrected chi connectivity index (χ2v) is 14.0. The zero-order valence-electron chi connectivity index (χ0n) is 26.2. The number of fused-ring (bicyclic) bond motifs is 6. The molecule has 4 heterocycles. The molecule has 3 aromatic heterocycles. The van der Waals surface area contributed by atoms with Gasteiger partial charge in [-0.1, -0.05) is 84.9 Å². The third-order valence-corrected chi connectivity index (χ3v) is 11.5. The topological polar surface area (TPSA) is 38.9 Å². The molecule has 1 saturated heterocycles. The maximum Gasteiger partial charge on any atom is 0.163 e. The molecule has 0 amide bonds. The molecule has 226 valence electrons. The molecule has 3 fully saturated rings. The number of anilines is 1. The molecule has 0 bridgehead atoms. The van der Waals surface area contributed by atoms with Crippen LogP contribution in [0.5, 0.6) is 0 Å². The van der Waals surface area contributed by atoms with Gasteiger partial charge in [-0.25, -0.2) is 9.97 Å². The van der Waals surface area contributed by atoms with Crippen LogP contribution in [-0.2, 0) is 0 Å². The van der Waals surface area contributed by atoms with Gasteiger partial charge >= 0.3 is 0 Å². The number of aromatic nitrogens is 4. The molecule has 0 radical (unpaired) electrons. The van der Waals surface area contributed by atoms with Crippen LogP contribution in [0.15, 0.2) is 127 Å². The maximum absolute atomic E-state index is 5.39. The maximum atomic E-state index is 5.39. The van der Waals surface area contributed by atoms with Crippen molar-refractivity contribution >= 4 is 49.3 Å². The van der Waals surface area contributed by atoms with Crippen LogP contribution < -0.4 is 4.90 Å². The first kappa shape index (κ1) is 25.7. The Bertz CT molecular complexity index is 2340. The fourth-order valence-corrected chi connectivity index (χ4v) is 9.24. The summed E-state index contributed by atoms with van der Waals surface area (Å²) in [5, 5.41) is 4.89. The SMILES string of the molecule is CC1CC2CC23CC3N1c1cccc(-c2nc(-n3c4ccccc4c4ccccc43)cc(-n3c4ccccc4c4ccccc43)n2)c1. The summed E-state index contributed by atoms with van der Waals surface area (Å²) >= 11 is 0. The molecule has 2 saturated carbocycles. The molecule has 5 aromatic carbocycles. The monoisotopic (exact) mass is 607 g/mol. The number of benzene rings is 5. The highest BCUT2D eigenvalue weighted by molar-refractivity contribution is 6.10. The summed E-state index contributed by atoms with van der Waals surface area (Å²) in [6, 6.07) is 47.0. The lowest BCUT2D eigenvalue weighted by molar-refractivity contribution is 0.461. The Morgan fingerprint density at radius 1 is 0.574 bits per heavy atom. The Morgan fingerprint density at radius 2 is 1.09 bits per heavy atom. The summed E-state index contributed by atoms with van der Waals surface area (Å²) in [5.74, 6) is 3.41. The summed E-state index contributed by atoms with van der Waals surface area (Å²) < 4.78 is 4.62. The minimum absolute atomic E-state index is 0.552. The van der Waals surface area contributed by atoms with Gasteiger partial charge in [-0.2, -0.15) is 0 Å². The lowest BCUT2D eigenvalue weighted by atomic mass is 10.0. The van der Waals surface area contributed by atoms with Gasteiger partial charge in [0.2, 0.25) is 0 Å². The van der Waals surface area contributed by atoms with Crippen molar-refractivity contribution in [2.75, 3.05) is 4.90 Å². The molecule has 5 heteroatoms. The van der Waals surface area contributed by atoms with E-state index >= 15 is 0 Å². The molecule has 0 N–H and O–H groups in total. The van der Waals surface area contributed by atoms with E-state index in [0.29, 0.717) is 17.5 Å². The number of para-hydroxylation sites is 4. The average Bonchev–Trinajstić information content (AvgIpc) is 3.94. The van der Waals surface area contributed by atoms with Crippen molar-refractivity contribution in [3.63, 3.8) is 0 Å². The zero-order chi connectivity index (χ0) is 30.9. The van der Waals surface area contributed by atoms with E-state index < -0.39 is 0 Å². The number of rotatable bonds is 4. The van der Waals surface area contributed by atoms with E-state index in [4.69, 9.17) is 9.97 Å². The quantitative estimate of drug-likeness (QED) is 0.200. The van der Waals surface area contributed by atoms with Gasteiger partial charge in [-0.3, -0.25) is 9.13 Å². The predicted octanol–water partition coefficient (Wildman–Crippen LogP) is 9.71. The third kappa shape index (κ3) is 3.54. The standard InChI is InChI=1S/C42H33N5/c1-26-21-28-24-42(28)25-38(42)45(26)29-12-10-11-27(22-29)41-43-39(46-34-17-6-2-13-30(34)31-14-3-7-18-35(31)46)23-40(44-41)47-36-19-8-4-15-32(36)33-16-5-9-20-37(33)47/h2-20,22-23,26,28,38H,21,24-25H2,1H3. The van der Waals surface area contributed by atoms with Crippen LogP contribution in [0.4, 0.5) is 5.69 Å². The largest absolute Gasteiger partial charge is 0.365 e. The molecular weight excluding hydrogens is 574 g/mol. The highest BCUT2D eigenvalue weighted by atomic mass is 15.3. The van der Waals surface area contributed by atoms with Crippen molar-refractivity contribution < 1.29 is 0 Å². The normalized spacial score (nSPS) is 23.0. The van der Waals surface area contributed by atoms with Crippen molar-refractivity contribution in [1.29, 1.82) is 0 Å². The fourth-order valence-electron chi connectivity index (χ4n) is 9.24. The summed E-state index contributed by atoms with van der Waals surface area (Å²) in [7, 11) is 0. The number of hydrogen-bond donors (Lipinski definition) is 0. The van der Waals surface area contributed by atoms with Crippen LogP contribution in [0.25, 0.3) is 66.6 Å². The van der Waals surface area contributed by atoms with Crippen LogP contribution >= 0.6 is 0 Å². The smallest absolute Gasteiger partial charge is 0.163 e. The van der Waals surface area contributed by atoms with Crippen LogP contribution in [0.1, 0.15) is 26.2 Å². The molecule has 8 aromatic rings. The summed E-state index contributed by atoms with van der Waals surface area (Å²) in [5.41, 5.74) is 7.51. The van der Waals surface area contributed by atoms with E-state index in [1.807, 2.05) is 0 Å². The Labute approximate surface area is 272 Å². The van der Waals surface area contributed by atoms with Crippen LogP contribution in [0, 0.1) is 11.3 Å². The van der Waals surface area contributed by atoms with Crippen molar-refractivity contribution in [2.45, 2.75) is 38.3 Å². The zero-order valence-corrected chi connectivity index (χ0v) is 26.2. The Hall–Kier alpha value is -5.42. The lowest BCUT2D eigenvalue weighted by Crippen LogP contribution is -2.39. The molecule has 5 nitrogen and oxygen atoms in total. The van der Waals surface area contributed by atoms with E-state index in [1.165, 1.54) is 46.5 Å². The molecule has 4 atom stereocenters. The van der Waals surface area contributed by atoms with Crippen molar-refractivity contribution in [3.8, 4) is 23.0 Å². The first-order chi connectivity index (χ1) is 23.2. The van der Waals surface area contributed by atoms with Gasteiger partial charge in [0.05, 0.1) is 22.1 Å². The fraction of sp³-hybridized carbons (Fsp3) is 0.190. The van der Waals surface area contributed by atoms with Gasteiger partial charge < -0.3 is 4.90 Å². The second kappa shape index (κ2) is 9.10. The number of hydrogen-bond acceptors (Lipinski definition) is 3. The van der Waals surface area contributed by atoms with Gasteiger partial charge in [0, 0.05) is 50.9 Å². The highest BCUT2D eigenvalue weighted by Crippen LogP contribution is 2.76. The average molecular weight is 608 g/mol. The molecule has 2 aliphatic carbocycles. The minimum atomic E-state index is 0.552. The van der Waals surface area contributed by atoms with E-state index in [9.17, 15) is 0 Å². The van der Waals surface area contributed by atoms with Gasteiger partial charge in [0.1, 0.15) is 11.6 Å². The molecule has 1 aliphatic heterocycles. The molecule has 1 spiro atoms. The molecule has 4 unspecified atom stereocenters. The Kier molecular flexibility index (Phi) is 4.98. The Balaban J connectivity index is 1.18. The van der Waals surface area contributed by atoms with Crippen LogP contribution in [0.2, 0.25) is 0 Å². The summed E-state index contributed by atoms with van der Waals surface area (Å²) in [6.07, 6.45) is 4.08. The molecule has 47 heavy (non-hydrogen) atoms. The highest BCUT2D eigenvalue weighted by Gasteiger charge is 2.74. The number of piperidine rings is 1. The summed E-state index contributed by atoms with van der Waals surface area (Å²) in [6.45, 7) is 2.41. The third-order valence-electron chi connectivity index (χ3n) is 11.5. The molecular formula is C42H33N5. The minimum Gasteiger partial charge on any atom is -0.365 e. The van der Waals surface area contributed by atoms with Gasteiger partial charge in [0.25, 0.3) is 0 Å². The van der Waals surface area contributed by atoms with E-state index in [0.717, 1.165) is 51.0 Å². The first-order valence-corrected chi connectivity index (χ1v) is 16.9. The predicted molar refractivity (Wildman–Crippen MR) is 192 cm³/mol. The van der Waals surface area contributed by atoms with E-state index in [1.54, 1.807) is 0 Å². The van der Waals surface area contributed by atoms with E-state index in [2.05, 4.69) is 148 Å². The van der Waals surface area contributed by atoms with Crippen LogP contribution in [-0.4, -0.2) is 31.2 Å². The van der Waals surface area contributed by atoms with Gasteiger partial charge in [-0.15, -0.1) is 0 Å². The second-order valence-electron chi connectivity index (χ2n) is 14.0. The summed E-state index contributed by atoms with van der Waals surface area (Å²) in [4.78, 5) is 13.5. The lowest BCUT2D eigenvalue weighted by Gasteiger charge is -2.35. The molecule has 3 aliphatic rings. The molecule has 11 rings (SSSR count). The van der Waals surface area contributed by atoms with Gasteiger partial charge in [0.15, 0.2) is 5.82 Å². The first-order valence-electron chi connectivity index (χ1n) is 16.9. The number of nitrogens with zero attached hydrogens (tertiary/aromatic N) is 5. The Morgan fingerprint density at radius 3 is 1.62 bits per heavy atom. The van der Waals surface area contributed by atoms with Crippen LogP contribution in [0.3, 0.4) is 0 Å². The van der Waals surface area contributed by atoms with E-state index in [-0.39, 0.29) is 0 Å². The van der Waals surface area contributed by atoms with Crippen molar-refractivity contribution in [3.05, 3.63) is 127 Å². The van der Waals surface area contributed by atoms with Crippen molar-refractivity contribution in [2.24, 2.45) is 11.3 Å². The van der Waals surface area contributed by atoms with Crippen molar-refractivity contribution in [1.82, 2.24) is 19.1 Å². The van der Waals surface area contributed by atoms with Gasteiger partial charge in [-0.05, 0) is 73.9 Å².